The highest BCUT2D eigenvalue weighted by Crippen LogP contribution is 2.37. The van der Waals surface area contributed by atoms with Crippen molar-refractivity contribution in [3.05, 3.63) is 48.7 Å². The van der Waals surface area contributed by atoms with Gasteiger partial charge in [-0.2, -0.15) is 0 Å². The molecule has 2 aromatic heterocycles. The summed E-state index contributed by atoms with van der Waals surface area (Å²) >= 11 is 1.67. The van der Waals surface area contributed by atoms with Gasteiger partial charge >= 0.3 is 0 Å². The highest BCUT2D eigenvalue weighted by atomic mass is 32.2. The van der Waals surface area contributed by atoms with E-state index in [9.17, 15) is 0 Å². The number of thioether (sulfide) groups is 1. The molecule has 0 aliphatic carbocycles. The fourth-order valence-corrected chi connectivity index (χ4v) is 2.71. The zero-order chi connectivity index (χ0) is 13.9. The Morgan fingerprint density at radius 3 is 2.50 bits per heavy atom. The van der Waals surface area contributed by atoms with Gasteiger partial charge in [-0.15, -0.1) is 0 Å². The Bertz CT molecular complexity index is 672. The van der Waals surface area contributed by atoms with Gasteiger partial charge in [-0.25, -0.2) is 4.98 Å². The second-order valence-electron chi connectivity index (χ2n) is 4.67. The molecule has 0 saturated heterocycles. The summed E-state index contributed by atoms with van der Waals surface area (Å²) in [5, 5.41) is 1.26. The molecule has 3 nitrogen and oxygen atoms in total. The first kappa shape index (κ1) is 13.1. The normalized spacial score (nSPS) is 11.2. The first-order valence-corrected chi connectivity index (χ1v) is 7.39. The number of nitrogens with zero attached hydrogens (tertiary/aromatic N) is 1. The predicted molar refractivity (Wildman–Crippen MR) is 80.6 cm³/mol. The summed E-state index contributed by atoms with van der Waals surface area (Å²) in [7, 11) is 0. The van der Waals surface area contributed by atoms with Crippen molar-refractivity contribution in [3.63, 3.8) is 0 Å². The van der Waals surface area contributed by atoms with E-state index >= 15 is 0 Å². The van der Waals surface area contributed by atoms with Gasteiger partial charge in [0.25, 0.3) is 5.89 Å². The van der Waals surface area contributed by atoms with Gasteiger partial charge in [-0.3, -0.25) is 0 Å². The molecule has 3 aromatic rings. The molecular weight excluding hydrogens is 270 g/mol. The first-order valence-electron chi connectivity index (χ1n) is 6.51. The summed E-state index contributed by atoms with van der Waals surface area (Å²) in [6, 6.07) is 13.7. The highest BCUT2D eigenvalue weighted by molar-refractivity contribution is 7.99. The Labute approximate surface area is 122 Å². The van der Waals surface area contributed by atoms with Crippen LogP contribution in [-0.2, 0) is 0 Å². The molecule has 1 aromatic carbocycles. The molecule has 0 radical (unpaired) electrons. The van der Waals surface area contributed by atoms with Crippen LogP contribution in [0.2, 0.25) is 0 Å². The van der Waals surface area contributed by atoms with Gasteiger partial charge in [0.05, 0.1) is 6.26 Å². The van der Waals surface area contributed by atoms with Crippen molar-refractivity contribution < 1.29 is 8.83 Å². The lowest BCUT2D eigenvalue weighted by molar-refractivity contribution is 0.460. The molecule has 20 heavy (non-hydrogen) atoms. The molecule has 0 atom stereocenters. The molecule has 0 aliphatic heterocycles. The first-order chi connectivity index (χ1) is 9.74. The van der Waals surface area contributed by atoms with E-state index in [1.807, 2.05) is 42.5 Å². The van der Waals surface area contributed by atoms with Gasteiger partial charge in [0.15, 0.2) is 10.9 Å². The Hall–Kier alpha value is -1.94. The SMILES string of the molecule is CC(C)Sc1oc(-c2ccco2)nc1-c1ccccc1. The van der Waals surface area contributed by atoms with Crippen molar-refractivity contribution in [1.82, 2.24) is 4.98 Å². The van der Waals surface area contributed by atoms with Crippen molar-refractivity contribution in [2.24, 2.45) is 0 Å². The van der Waals surface area contributed by atoms with Gasteiger partial charge in [0.2, 0.25) is 0 Å². The van der Waals surface area contributed by atoms with Crippen LogP contribution in [-0.4, -0.2) is 10.2 Å². The van der Waals surface area contributed by atoms with E-state index in [0.717, 1.165) is 16.3 Å². The Balaban J connectivity index is 2.07. The molecule has 0 saturated carbocycles. The van der Waals surface area contributed by atoms with Crippen LogP contribution in [0.3, 0.4) is 0 Å². The summed E-state index contributed by atoms with van der Waals surface area (Å²) in [5.74, 6) is 1.18. The predicted octanol–water partition coefficient (Wildman–Crippen LogP) is 5.10. The number of rotatable bonds is 4. The highest BCUT2D eigenvalue weighted by Gasteiger charge is 2.18. The Kier molecular flexibility index (Phi) is 3.65. The zero-order valence-electron chi connectivity index (χ0n) is 11.4. The van der Waals surface area contributed by atoms with E-state index < -0.39 is 0 Å². The van der Waals surface area contributed by atoms with Crippen LogP contribution in [0.25, 0.3) is 22.9 Å². The topological polar surface area (TPSA) is 39.2 Å². The summed E-state index contributed by atoms with van der Waals surface area (Å²) in [5.41, 5.74) is 1.92. The summed E-state index contributed by atoms with van der Waals surface area (Å²) < 4.78 is 11.2. The molecule has 4 heteroatoms. The van der Waals surface area contributed by atoms with Crippen LogP contribution in [0, 0.1) is 0 Å². The maximum absolute atomic E-state index is 5.88. The lowest BCUT2D eigenvalue weighted by Gasteiger charge is -2.03. The quantitative estimate of drug-likeness (QED) is 0.625. The molecule has 0 amide bonds. The second kappa shape index (κ2) is 5.59. The van der Waals surface area contributed by atoms with E-state index in [0.29, 0.717) is 16.9 Å². The van der Waals surface area contributed by atoms with Crippen molar-refractivity contribution in [3.8, 4) is 22.9 Å². The second-order valence-corrected chi connectivity index (χ2v) is 6.21. The van der Waals surface area contributed by atoms with Crippen molar-refractivity contribution in [2.45, 2.75) is 24.2 Å². The average molecular weight is 285 g/mol. The van der Waals surface area contributed by atoms with E-state index in [4.69, 9.17) is 8.83 Å². The Morgan fingerprint density at radius 2 is 1.85 bits per heavy atom. The number of oxazole rings is 1. The molecule has 102 valence electrons. The van der Waals surface area contributed by atoms with E-state index in [1.165, 1.54) is 0 Å². The zero-order valence-corrected chi connectivity index (χ0v) is 12.2. The number of benzene rings is 1. The van der Waals surface area contributed by atoms with Gasteiger partial charge in [0, 0.05) is 10.8 Å². The van der Waals surface area contributed by atoms with Crippen molar-refractivity contribution >= 4 is 11.8 Å². The Morgan fingerprint density at radius 1 is 1.05 bits per heavy atom. The van der Waals surface area contributed by atoms with E-state index in [1.54, 1.807) is 18.0 Å². The maximum Gasteiger partial charge on any atom is 0.264 e. The molecule has 0 fully saturated rings. The van der Waals surface area contributed by atoms with Crippen LogP contribution in [0.5, 0.6) is 0 Å². The third kappa shape index (κ3) is 2.65. The number of hydrogen-bond acceptors (Lipinski definition) is 4. The van der Waals surface area contributed by atoms with E-state index in [-0.39, 0.29) is 0 Å². The molecule has 0 spiro atoms. The van der Waals surface area contributed by atoms with Crippen LogP contribution in [0.4, 0.5) is 0 Å². The number of furan rings is 1. The molecule has 0 bridgehead atoms. The molecule has 3 rings (SSSR count). The van der Waals surface area contributed by atoms with Gasteiger partial charge in [-0.05, 0) is 12.1 Å². The molecular formula is C16H15NO2S. The number of hydrogen-bond donors (Lipinski definition) is 0. The fourth-order valence-electron chi connectivity index (χ4n) is 1.88. The standard InChI is InChI=1S/C16H15NO2S/c1-11(2)20-16-14(12-7-4-3-5-8-12)17-15(19-16)13-9-6-10-18-13/h3-11H,1-2H3. The van der Waals surface area contributed by atoms with Crippen LogP contribution in [0.15, 0.2) is 62.7 Å². The number of aromatic nitrogens is 1. The monoisotopic (exact) mass is 285 g/mol. The van der Waals surface area contributed by atoms with E-state index in [2.05, 4.69) is 18.8 Å². The molecule has 0 unspecified atom stereocenters. The van der Waals surface area contributed by atoms with Gasteiger partial charge in [0.1, 0.15) is 5.69 Å². The molecule has 0 N–H and O–H groups in total. The van der Waals surface area contributed by atoms with Crippen LogP contribution in [0.1, 0.15) is 13.8 Å². The van der Waals surface area contributed by atoms with Crippen LogP contribution < -0.4 is 0 Å². The van der Waals surface area contributed by atoms with Crippen molar-refractivity contribution in [1.29, 1.82) is 0 Å². The average Bonchev–Trinajstić information content (AvgIpc) is 3.08. The minimum absolute atomic E-state index is 0.426. The van der Waals surface area contributed by atoms with Gasteiger partial charge < -0.3 is 8.83 Å². The lowest BCUT2D eigenvalue weighted by Crippen LogP contribution is -1.86. The van der Waals surface area contributed by atoms with Crippen LogP contribution >= 0.6 is 11.8 Å². The van der Waals surface area contributed by atoms with Crippen molar-refractivity contribution in [2.75, 3.05) is 0 Å². The summed E-state index contributed by atoms with van der Waals surface area (Å²) in [6.07, 6.45) is 1.62. The molecule has 0 aliphatic rings. The fraction of sp³-hybridized carbons (Fsp3) is 0.188. The minimum Gasteiger partial charge on any atom is -0.459 e. The summed E-state index contributed by atoms with van der Waals surface area (Å²) in [4.78, 5) is 4.59. The smallest absolute Gasteiger partial charge is 0.264 e. The summed E-state index contributed by atoms with van der Waals surface area (Å²) in [6.45, 7) is 4.27. The largest absolute Gasteiger partial charge is 0.459 e. The van der Waals surface area contributed by atoms with Gasteiger partial charge in [-0.1, -0.05) is 55.9 Å². The lowest BCUT2D eigenvalue weighted by atomic mass is 10.2. The minimum atomic E-state index is 0.426. The molecule has 2 heterocycles. The third-order valence-electron chi connectivity index (χ3n) is 2.72. The maximum atomic E-state index is 5.88. The third-order valence-corrected chi connectivity index (χ3v) is 3.68.